The van der Waals surface area contributed by atoms with Crippen LogP contribution in [0, 0.1) is 0 Å². The van der Waals surface area contributed by atoms with Crippen molar-refractivity contribution >= 4 is 11.9 Å². The number of rotatable bonds is 6. The molecule has 0 aliphatic heterocycles. The molecule has 1 aromatic carbocycles. The Balaban J connectivity index is 1.78. The van der Waals surface area contributed by atoms with Crippen molar-refractivity contribution in [1.82, 2.24) is 25.5 Å². The smallest absolute Gasteiger partial charge is 0.345 e. The van der Waals surface area contributed by atoms with Gasteiger partial charge in [-0.3, -0.25) is 4.79 Å². The zero-order chi connectivity index (χ0) is 19.2. The first-order chi connectivity index (χ1) is 12.2. The van der Waals surface area contributed by atoms with Gasteiger partial charge >= 0.3 is 12.2 Å². The molecule has 2 rings (SSSR count). The SMILES string of the molecule is CC(NC(=O)NCC(=O)NCC(F)(F)F)c1ccc(-n2ccnc2)cc1. The van der Waals surface area contributed by atoms with Crippen molar-refractivity contribution in [2.75, 3.05) is 13.1 Å². The van der Waals surface area contributed by atoms with Gasteiger partial charge < -0.3 is 20.5 Å². The van der Waals surface area contributed by atoms with Crippen molar-refractivity contribution in [2.24, 2.45) is 0 Å². The van der Waals surface area contributed by atoms with E-state index < -0.39 is 31.2 Å². The van der Waals surface area contributed by atoms with Crippen LogP contribution in [0.1, 0.15) is 18.5 Å². The number of benzene rings is 1. The van der Waals surface area contributed by atoms with E-state index in [4.69, 9.17) is 0 Å². The van der Waals surface area contributed by atoms with Crippen LogP contribution >= 0.6 is 0 Å². The van der Waals surface area contributed by atoms with Gasteiger partial charge in [0, 0.05) is 18.1 Å². The van der Waals surface area contributed by atoms with Gasteiger partial charge in [-0.25, -0.2) is 9.78 Å². The second-order valence-electron chi connectivity index (χ2n) is 5.50. The summed E-state index contributed by atoms with van der Waals surface area (Å²) in [5, 5.41) is 6.49. The molecule has 0 fully saturated rings. The van der Waals surface area contributed by atoms with Gasteiger partial charge in [-0.15, -0.1) is 0 Å². The molecule has 26 heavy (non-hydrogen) atoms. The molecule has 0 spiro atoms. The Hall–Kier alpha value is -3.04. The molecule has 7 nitrogen and oxygen atoms in total. The van der Waals surface area contributed by atoms with Crippen LogP contribution in [-0.2, 0) is 4.79 Å². The number of hydrogen-bond donors (Lipinski definition) is 3. The quantitative estimate of drug-likeness (QED) is 0.727. The van der Waals surface area contributed by atoms with Gasteiger partial charge in [-0.05, 0) is 24.6 Å². The molecule has 0 bridgehead atoms. The fourth-order valence-electron chi connectivity index (χ4n) is 2.10. The molecule has 10 heteroatoms. The van der Waals surface area contributed by atoms with Crippen molar-refractivity contribution in [1.29, 1.82) is 0 Å². The molecular weight excluding hydrogens is 351 g/mol. The summed E-state index contributed by atoms with van der Waals surface area (Å²) in [6.45, 7) is -0.238. The van der Waals surface area contributed by atoms with Crippen LogP contribution in [0.3, 0.4) is 0 Å². The van der Waals surface area contributed by atoms with Gasteiger partial charge in [-0.1, -0.05) is 12.1 Å². The van der Waals surface area contributed by atoms with Crippen LogP contribution in [-0.4, -0.2) is 40.8 Å². The number of imidazole rings is 1. The Labute approximate surface area is 147 Å². The lowest BCUT2D eigenvalue weighted by Gasteiger charge is -2.16. The van der Waals surface area contributed by atoms with E-state index >= 15 is 0 Å². The number of alkyl halides is 3. The average molecular weight is 369 g/mol. The number of nitrogens with one attached hydrogen (secondary N) is 3. The highest BCUT2D eigenvalue weighted by atomic mass is 19.4. The highest BCUT2D eigenvalue weighted by Crippen LogP contribution is 2.15. The van der Waals surface area contributed by atoms with E-state index in [9.17, 15) is 22.8 Å². The van der Waals surface area contributed by atoms with Crippen molar-refractivity contribution in [2.45, 2.75) is 19.1 Å². The summed E-state index contributed by atoms with van der Waals surface area (Å²) in [7, 11) is 0. The third kappa shape index (κ3) is 6.11. The van der Waals surface area contributed by atoms with Crippen LogP contribution in [0.4, 0.5) is 18.0 Å². The Morgan fingerprint density at radius 1 is 1.19 bits per heavy atom. The fourth-order valence-corrected chi connectivity index (χ4v) is 2.10. The number of carbonyl (C=O) groups excluding carboxylic acids is 2. The molecular formula is C16H18F3N5O2. The summed E-state index contributed by atoms with van der Waals surface area (Å²) < 4.78 is 37.7. The van der Waals surface area contributed by atoms with Crippen LogP contribution in [0.5, 0.6) is 0 Å². The summed E-state index contributed by atoms with van der Waals surface area (Å²) in [4.78, 5) is 26.9. The maximum absolute atomic E-state index is 12.0. The molecule has 140 valence electrons. The van der Waals surface area contributed by atoms with Gasteiger partial charge in [-0.2, -0.15) is 13.2 Å². The largest absolute Gasteiger partial charge is 0.405 e. The molecule has 2 aromatic rings. The maximum Gasteiger partial charge on any atom is 0.405 e. The normalized spacial score (nSPS) is 12.3. The Morgan fingerprint density at radius 3 is 2.46 bits per heavy atom. The van der Waals surface area contributed by atoms with E-state index in [2.05, 4.69) is 15.6 Å². The number of nitrogens with zero attached hydrogens (tertiary/aromatic N) is 2. The minimum absolute atomic E-state index is 0.356. The third-order valence-electron chi connectivity index (χ3n) is 3.44. The summed E-state index contributed by atoms with van der Waals surface area (Å²) >= 11 is 0. The van der Waals surface area contributed by atoms with Crippen molar-refractivity contribution in [3.63, 3.8) is 0 Å². The molecule has 1 unspecified atom stereocenters. The molecule has 1 heterocycles. The lowest BCUT2D eigenvalue weighted by Crippen LogP contribution is -2.44. The molecule has 0 saturated carbocycles. The van der Waals surface area contributed by atoms with Gasteiger partial charge in [0.2, 0.25) is 5.91 Å². The number of hydrogen-bond acceptors (Lipinski definition) is 3. The molecule has 3 N–H and O–H groups in total. The van der Waals surface area contributed by atoms with E-state index in [1.54, 1.807) is 31.0 Å². The minimum Gasteiger partial charge on any atom is -0.345 e. The Bertz CT molecular complexity index is 729. The van der Waals surface area contributed by atoms with Crippen LogP contribution in [0.25, 0.3) is 5.69 Å². The number of carbonyl (C=O) groups is 2. The molecule has 0 saturated heterocycles. The first-order valence-electron chi connectivity index (χ1n) is 7.71. The molecule has 3 amide bonds. The number of amides is 3. The predicted octanol–water partition coefficient (Wildman–Crippen LogP) is 1.91. The van der Waals surface area contributed by atoms with Crippen LogP contribution < -0.4 is 16.0 Å². The highest BCUT2D eigenvalue weighted by Gasteiger charge is 2.27. The second-order valence-corrected chi connectivity index (χ2v) is 5.50. The van der Waals surface area contributed by atoms with Gasteiger partial charge in [0.05, 0.1) is 18.9 Å². The number of aromatic nitrogens is 2. The van der Waals surface area contributed by atoms with Crippen LogP contribution in [0.15, 0.2) is 43.0 Å². The number of halogens is 3. The summed E-state index contributed by atoms with van der Waals surface area (Å²) in [6, 6.07) is 6.37. The van der Waals surface area contributed by atoms with Crippen LogP contribution in [0.2, 0.25) is 0 Å². The zero-order valence-corrected chi connectivity index (χ0v) is 13.9. The molecule has 0 aliphatic carbocycles. The second kappa shape index (κ2) is 8.37. The van der Waals surface area contributed by atoms with E-state index in [0.29, 0.717) is 0 Å². The first kappa shape index (κ1) is 19.3. The van der Waals surface area contributed by atoms with E-state index in [-0.39, 0.29) is 6.04 Å². The lowest BCUT2D eigenvalue weighted by atomic mass is 10.1. The maximum atomic E-state index is 12.0. The molecule has 0 radical (unpaired) electrons. The Kier molecular flexibility index (Phi) is 6.21. The molecule has 1 aromatic heterocycles. The standard InChI is InChI=1S/C16H18F3N5O2/c1-11(12-2-4-13(5-3-12)24-7-6-20-10-24)23-15(26)21-8-14(25)22-9-16(17,18)19/h2-7,10-11H,8-9H2,1H3,(H,22,25)(H2,21,23,26). The highest BCUT2D eigenvalue weighted by molar-refractivity contribution is 5.84. The molecule has 0 aliphatic rings. The lowest BCUT2D eigenvalue weighted by molar-refractivity contribution is -0.137. The van der Waals surface area contributed by atoms with E-state index in [1.165, 1.54) is 0 Å². The molecule has 1 atom stereocenters. The monoisotopic (exact) mass is 369 g/mol. The third-order valence-corrected chi connectivity index (χ3v) is 3.44. The first-order valence-corrected chi connectivity index (χ1v) is 7.71. The predicted molar refractivity (Wildman–Crippen MR) is 87.6 cm³/mol. The summed E-state index contributed by atoms with van der Waals surface area (Å²) in [6.07, 6.45) is 0.629. The van der Waals surface area contributed by atoms with E-state index in [1.807, 2.05) is 28.8 Å². The zero-order valence-electron chi connectivity index (χ0n) is 13.9. The Morgan fingerprint density at radius 2 is 1.88 bits per heavy atom. The van der Waals surface area contributed by atoms with Gasteiger partial charge in [0.15, 0.2) is 0 Å². The van der Waals surface area contributed by atoms with Crippen molar-refractivity contribution < 1.29 is 22.8 Å². The fraction of sp³-hybridized carbons (Fsp3) is 0.312. The topological polar surface area (TPSA) is 88.0 Å². The van der Waals surface area contributed by atoms with E-state index in [0.717, 1.165) is 11.3 Å². The summed E-state index contributed by atoms with van der Waals surface area (Å²) in [5.41, 5.74) is 1.73. The van der Waals surface area contributed by atoms with Gasteiger partial charge in [0.1, 0.15) is 6.54 Å². The summed E-state index contributed by atoms with van der Waals surface area (Å²) in [5.74, 6) is -0.921. The van der Waals surface area contributed by atoms with Crippen molar-refractivity contribution in [3.05, 3.63) is 48.5 Å². The van der Waals surface area contributed by atoms with Crippen molar-refractivity contribution in [3.8, 4) is 5.69 Å². The minimum atomic E-state index is -4.49. The average Bonchev–Trinajstić information content (AvgIpc) is 3.12. The van der Waals surface area contributed by atoms with Gasteiger partial charge in [0.25, 0.3) is 0 Å². The number of urea groups is 1.